The van der Waals surface area contributed by atoms with Gasteiger partial charge in [-0.1, -0.05) is 18.2 Å². The van der Waals surface area contributed by atoms with Crippen molar-refractivity contribution in [1.29, 1.82) is 0 Å². The van der Waals surface area contributed by atoms with Gasteiger partial charge in [-0.25, -0.2) is 0 Å². The van der Waals surface area contributed by atoms with Crippen molar-refractivity contribution in [3.63, 3.8) is 0 Å². The number of hydrogen-bond donors (Lipinski definition) is 0. The molecule has 1 aliphatic heterocycles. The fourth-order valence-electron chi connectivity index (χ4n) is 5.42. The first-order valence-electron chi connectivity index (χ1n) is 13.5. The normalized spacial score (nSPS) is 13.8. The molecule has 216 valence electrons. The van der Waals surface area contributed by atoms with E-state index >= 15 is 0 Å². The number of hydrogen-bond acceptors (Lipinski definition) is 6. The molecule has 5 rings (SSSR count). The van der Waals surface area contributed by atoms with Crippen molar-refractivity contribution < 1.29 is 24.0 Å². The van der Waals surface area contributed by atoms with Gasteiger partial charge >= 0.3 is 0 Å². The second kappa shape index (κ2) is 11.4. The maximum Gasteiger partial charge on any atom is 0.273 e. The van der Waals surface area contributed by atoms with Crippen LogP contribution < -0.4 is 14.4 Å². The zero-order valence-corrected chi connectivity index (χ0v) is 24.1. The molecule has 3 aromatic carbocycles. The summed E-state index contributed by atoms with van der Waals surface area (Å²) in [6, 6.07) is 20.3. The summed E-state index contributed by atoms with van der Waals surface area (Å²) in [6.45, 7) is 4.99. The molecule has 10 heteroatoms. The quantitative estimate of drug-likeness (QED) is 0.199. The third-order valence-electron chi connectivity index (χ3n) is 7.56. The monoisotopic (exact) mass is 568 g/mol. The number of aryl methyl sites for hydroxylation is 1. The van der Waals surface area contributed by atoms with E-state index in [1.54, 1.807) is 50.3 Å². The third-order valence-corrected chi connectivity index (χ3v) is 7.56. The summed E-state index contributed by atoms with van der Waals surface area (Å²) in [5.41, 5.74) is 3.50. The number of para-hydroxylation sites is 2. The Kier molecular flexibility index (Phi) is 7.71. The number of nitrogens with zero attached hydrogens (tertiary/aromatic N) is 4. The van der Waals surface area contributed by atoms with E-state index in [0.717, 1.165) is 16.9 Å². The van der Waals surface area contributed by atoms with Crippen LogP contribution in [0.3, 0.4) is 0 Å². The lowest BCUT2D eigenvalue weighted by Gasteiger charge is -2.40. The smallest absolute Gasteiger partial charge is 0.273 e. The summed E-state index contributed by atoms with van der Waals surface area (Å²) >= 11 is 0. The minimum Gasteiger partial charge on any atom is -0.497 e. The minimum absolute atomic E-state index is 0.146. The van der Waals surface area contributed by atoms with Crippen LogP contribution in [0, 0.1) is 17.0 Å². The summed E-state index contributed by atoms with van der Waals surface area (Å²) in [5.74, 6) is 0.392. The molecule has 0 fully saturated rings. The van der Waals surface area contributed by atoms with Crippen LogP contribution >= 0.6 is 0 Å². The SMILES string of the molecule is COc1ccc(OC)c(C2c3cccn3-c3ccccc3N2C(=O)CN(C(=O)c2ccc(C)c([N+](=O)[O-])c2)C(C)C)c1. The molecule has 0 saturated carbocycles. The van der Waals surface area contributed by atoms with E-state index in [1.165, 1.54) is 11.0 Å². The molecule has 4 aromatic rings. The van der Waals surface area contributed by atoms with Crippen molar-refractivity contribution in [2.75, 3.05) is 25.7 Å². The Morgan fingerprint density at radius 3 is 2.38 bits per heavy atom. The van der Waals surface area contributed by atoms with Crippen LogP contribution in [-0.4, -0.2) is 53.0 Å². The molecule has 10 nitrogen and oxygen atoms in total. The first-order valence-corrected chi connectivity index (χ1v) is 13.5. The van der Waals surface area contributed by atoms with E-state index in [1.807, 2.05) is 67.1 Å². The molecular weight excluding hydrogens is 536 g/mol. The number of nitro benzene ring substituents is 1. The number of ether oxygens (including phenoxy) is 2. The molecule has 0 saturated heterocycles. The molecule has 2 amide bonds. The zero-order valence-electron chi connectivity index (χ0n) is 24.1. The van der Waals surface area contributed by atoms with E-state index < -0.39 is 16.9 Å². The van der Waals surface area contributed by atoms with E-state index in [-0.39, 0.29) is 29.7 Å². The highest BCUT2D eigenvalue weighted by molar-refractivity contribution is 6.03. The van der Waals surface area contributed by atoms with Crippen LogP contribution in [0.15, 0.2) is 79.0 Å². The molecule has 2 heterocycles. The molecule has 0 radical (unpaired) electrons. The maximum atomic E-state index is 14.5. The van der Waals surface area contributed by atoms with Crippen molar-refractivity contribution in [2.24, 2.45) is 0 Å². The Morgan fingerprint density at radius 2 is 1.71 bits per heavy atom. The molecule has 1 aliphatic rings. The number of carbonyl (C=O) groups is 2. The van der Waals surface area contributed by atoms with Gasteiger partial charge in [0.05, 0.1) is 36.2 Å². The highest BCUT2D eigenvalue weighted by Gasteiger charge is 2.39. The maximum absolute atomic E-state index is 14.5. The fourth-order valence-corrected chi connectivity index (χ4v) is 5.42. The van der Waals surface area contributed by atoms with Crippen LogP contribution in [0.4, 0.5) is 11.4 Å². The predicted octanol–water partition coefficient (Wildman–Crippen LogP) is 5.70. The van der Waals surface area contributed by atoms with E-state index in [2.05, 4.69) is 0 Å². The number of benzene rings is 3. The van der Waals surface area contributed by atoms with Crippen molar-refractivity contribution in [2.45, 2.75) is 32.9 Å². The molecule has 1 atom stereocenters. The fraction of sp³-hybridized carbons (Fsp3) is 0.250. The summed E-state index contributed by atoms with van der Waals surface area (Å²) in [4.78, 5) is 42.3. The average Bonchev–Trinajstić information content (AvgIpc) is 3.48. The largest absolute Gasteiger partial charge is 0.497 e. The molecule has 0 spiro atoms. The van der Waals surface area contributed by atoms with Crippen molar-refractivity contribution in [1.82, 2.24) is 9.47 Å². The number of amides is 2. The first kappa shape index (κ1) is 28.4. The number of carbonyl (C=O) groups excluding carboxylic acids is 2. The second-order valence-corrected chi connectivity index (χ2v) is 10.4. The first-order chi connectivity index (χ1) is 20.2. The average molecular weight is 569 g/mol. The lowest BCUT2D eigenvalue weighted by molar-refractivity contribution is -0.385. The molecular formula is C32H32N4O6. The van der Waals surface area contributed by atoms with E-state index in [9.17, 15) is 19.7 Å². The Balaban J connectivity index is 1.61. The highest BCUT2D eigenvalue weighted by atomic mass is 16.6. The number of fused-ring (bicyclic) bond motifs is 3. The Hall–Kier alpha value is -5.12. The molecule has 1 aromatic heterocycles. The van der Waals surface area contributed by atoms with E-state index in [0.29, 0.717) is 22.7 Å². The molecule has 0 bridgehead atoms. The van der Waals surface area contributed by atoms with Gasteiger partial charge in [-0.2, -0.15) is 0 Å². The third kappa shape index (κ3) is 4.96. The van der Waals surface area contributed by atoms with Crippen molar-refractivity contribution >= 4 is 23.2 Å². The van der Waals surface area contributed by atoms with E-state index in [4.69, 9.17) is 9.47 Å². The second-order valence-electron chi connectivity index (χ2n) is 10.4. The van der Waals surface area contributed by atoms with Gasteiger partial charge in [0.1, 0.15) is 24.1 Å². The summed E-state index contributed by atoms with van der Waals surface area (Å²) < 4.78 is 13.3. The minimum atomic E-state index is -0.600. The number of aromatic nitrogens is 1. The predicted molar refractivity (Wildman–Crippen MR) is 159 cm³/mol. The summed E-state index contributed by atoms with van der Waals surface area (Å²) in [7, 11) is 3.15. The number of anilines is 1. The topological polar surface area (TPSA) is 107 Å². The van der Waals surface area contributed by atoms with Gasteiger partial charge in [-0.05, 0) is 69.3 Å². The van der Waals surface area contributed by atoms with Gasteiger partial charge in [0.2, 0.25) is 5.91 Å². The number of rotatable bonds is 8. The number of nitro groups is 1. The Bertz CT molecular complexity index is 1680. The lowest BCUT2D eigenvalue weighted by Crippen LogP contribution is -2.48. The Labute approximate surface area is 243 Å². The molecule has 0 aliphatic carbocycles. The van der Waals surface area contributed by atoms with Crippen LogP contribution in [0.1, 0.15) is 47.1 Å². The molecule has 42 heavy (non-hydrogen) atoms. The molecule has 0 N–H and O–H groups in total. The lowest BCUT2D eigenvalue weighted by atomic mass is 9.96. The summed E-state index contributed by atoms with van der Waals surface area (Å²) in [6.07, 6.45) is 1.95. The summed E-state index contributed by atoms with van der Waals surface area (Å²) in [5, 5.41) is 11.5. The van der Waals surface area contributed by atoms with Gasteiger partial charge in [-0.15, -0.1) is 0 Å². The van der Waals surface area contributed by atoms with Crippen molar-refractivity contribution in [3.8, 4) is 17.2 Å². The van der Waals surface area contributed by atoms with Crippen LogP contribution in [0.25, 0.3) is 5.69 Å². The standard InChI is InChI=1S/C32H32N4O6/c1-20(2)34(32(38)22-13-12-21(3)28(17-22)36(39)40)19-30(37)35-26-10-7-6-9-25(26)33-16-8-11-27(33)31(35)24-18-23(41-4)14-15-29(24)42-5/h6-18,20,31H,19H2,1-5H3. The van der Waals surface area contributed by atoms with Gasteiger partial charge < -0.3 is 18.9 Å². The zero-order chi connectivity index (χ0) is 30.1. The van der Waals surface area contributed by atoms with Crippen LogP contribution in [0.2, 0.25) is 0 Å². The van der Waals surface area contributed by atoms with Crippen molar-refractivity contribution in [3.05, 3.63) is 111 Å². The van der Waals surface area contributed by atoms with Gasteiger partial charge in [0.25, 0.3) is 11.6 Å². The van der Waals surface area contributed by atoms with Crippen LogP contribution in [-0.2, 0) is 4.79 Å². The van der Waals surface area contributed by atoms with Gasteiger partial charge in [-0.3, -0.25) is 24.6 Å². The number of methoxy groups -OCH3 is 2. The molecule has 1 unspecified atom stereocenters. The highest BCUT2D eigenvalue weighted by Crippen LogP contribution is 2.45. The van der Waals surface area contributed by atoms with Gasteiger partial charge in [0, 0.05) is 35.0 Å². The van der Waals surface area contributed by atoms with Crippen LogP contribution in [0.5, 0.6) is 11.5 Å². The Morgan fingerprint density at radius 1 is 0.976 bits per heavy atom. The van der Waals surface area contributed by atoms with Gasteiger partial charge in [0.15, 0.2) is 0 Å².